The lowest BCUT2D eigenvalue weighted by Crippen LogP contribution is -2.24. The Kier molecular flexibility index (Phi) is 6.15. The molecule has 4 heteroatoms. The fourth-order valence-corrected chi connectivity index (χ4v) is 2.31. The van der Waals surface area contributed by atoms with Crippen molar-refractivity contribution in [2.45, 2.75) is 45.8 Å². The number of anilines is 2. The van der Waals surface area contributed by atoms with Crippen LogP contribution in [0.15, 0.2) is 42.5 Å². The molecule has 23 heavy (non-hydrogen) atoms. The minimum Gasteiger partial charge on any atom is -0.455 e. The standard InChI is InChI=1S/C19H26N2O2/c1-3-4-5-10-19(23-18-9-7-6-8-17(18)21)22-15-11-12-16(20)14(2)13-15/h6-9,11-13,19H,3-5,10,20-21H2,1-2H3. The van der Waals surface area contributed by atoms with Crippen molar-refractivity contribution in [3.05, 3.63) is 48.0 Å². The number of nitrogen functional groups attached to an aromatic ring is 2. The summed E-state index contributed by atoms with van der Waals surface area (Å²) in [4.78, 5) is 0. The first-order valence-corrected chi connectivity index (χ1v) is 8.14. The van der Waals surface area contributed by atoms with Crippen LogP contribution in [0.3, 0.4) is 0 Å². The van der Waals surface area contributed by atoms with Crippen LogP contribution >= 0.6 is 0 Å². The van der Waals surface area contributed by atoms with Crippen molar-refractivity contribution in [1.29, 1.82) is 0 Å². The smallest absolute Gasteiger partial charge is 0.241 e. The fourth-order valence-electron chi connectivity index (χ4n) is 2.31. The van der Waals surface area contributed by atoms with E-state index < -0.39 is 0 Å². The summed E-state index contributed by atoms with van der Waals surface area (Å²) >= 11 is 0. The highest BCUT2D eigenvalue weighted by molar-refractivity contribution is 5.52. The first-order valence-electron chi connectivity index (χ1n) is 8.14. The molecule has 2 rings (SSSR count). The Balaban J connectivity index is 2.09. The summed E-state index contributed by atoms with van der Waals surface area (Å²) in [7, 11) is 0. The Morgan fingerprint density at radius 1 is 0.957 bits per heavy atom. The number of hydrogen-bond donors (Lipinski definition) is 2. The van der Waals surface area contributed by atoms with Crippen LogP contribution in [0.25, 0.3) is 0 Å². The van der Waals surface area contributed by atoms with E-state index in [1.807, 2.05) is 49.4 Å². The molecular weight excluding hydrogens is 288 g/mol. The second-order valence-electron chi connectivity index (χ2n) is 5.72. The quantitative estimate of drug-likeness (QED) is 0.427. The van der Waals surface area contributed by atoms with Gasteiger partial charge >= 0.3 is 0 Å². The topological polar surface area (TPSA) is 70.5 Å². The number of hydrogen-bond acceptors (Lipinski definition) is 4. The van der Waals surface area contributed by atoms with Gasteiger partial charge in [0.25, 0.3) is 0 Å². The zero-order chi connectivity index (χ0) is 16.7. The maximum absolute atomic E-state index is 6.02. The van der Waals surface area contributed by atoms with Crippen LogP contribution in [0.1, 0.15) is 38.2 Å². The van der Waals surface area contributed by atoms with Gasteiger partial charge in [0.2, 0.25) is 6.29 Å². The Bertz CT molecular complexity index is 629. The van der Waals surface area contributed by atoms with Crippen molar-refractivity contribution < 1.29 is 9.47 Å². The first kappa shape index (κ1) is 17.0. The largest absolute Gasteiger partial charge is 0.455 e. The molecule has 2 aromatic rings. The molecule has 0 amide bonds. The average molecular weight is 314 g/mol. The van der Waals surface area contributed by atoms with E-state index in [0.29, 0.717) is 11.4 Å². The summed E-state index contributed by atoms with van der Waals surface area (Å²) in [5, 5.41) is 0. The summed E-state index contributed by atoms with van der Waals surface area (Å²) in [5.41, 5.74) is 14.2. The Morgan fingerprint density at radius 3 is 2.43 bits per heavy atom. The van der Waals surface area contributed by atoms with E-state index in [0.717, 1.165) is 42.7 Å². The van der Waals surface area contributed by atoms with E-state index in [9.17, 15) is 0 Å². The Morgan fingerprint density at radius 2 is 1.74 bits per heavy atom. The number of para-hydroxylation sites is 2. The van der Waals surface area contributed by atoms with Gasteiger partial charge in [0.1, 0.15) is 11.5 Å². The number of rotatable bonds is 8. The fraction of sp³-hybridized carbons (Fsp3) is 0.368. The van der Waals surface area contributed by atoms with E-state index in [1.165, 1.54) is 0 Å². The molecule has 4 N–H and O–H groups in total. The van der Waals surface area contributed by atoms with Crippen LogP contribution in [0.5, 0.6) is 11.5 Å². The van der Waals surface area contributed by atoms with E-state index >= 15 is 0 Å². The van der Waals surface area contributed by atoms with Crippen molar-refractivity contribution >= 4 is 11.4 Å². The normalized spacial score (nSPS) is 11.9. The minimum atomic E-state index is -0.366. The lowest BCUT2D eigenvalue weighted by Gasteiger charge is -2.22. The molecule has 0 aliphatic rings. The number of unbranched alkanes of at least 4 members (excludes halogenated alkanes) is 2. The van der Waals surface area contributed by atoms with Crippen LogP contribution < -0.4 is 20.9 Å². The van der Waals surface area contributed by atoms with E-state index in [-0.39, 0.29) is 6.29 Å². The molecule has 2 aromatic carbocycles. The van der Waals surface area contributed by atoms with Crippen LogP contribution in [0.2, 0.25) is 0 Å². The van der Waals surface area contributed by atoms with E-state index in [2.05, 4.69) is 6.92 Å². The van der Waals surface area contributed by atoms with Crippen LogP contribution in [0, 0.1) is 6.92 Å². The van der Waals surface area contributed by atoms with Gasteiger partial charge in [0, 0.05) is 12.1 Å². The van der Waals surface area contributed by atoms with Crippen molar-refractivity contribution in [2.75, 3.05) is 11.5 Å². The zero-order valence-electron chi connectivity index (χ0n) is 13.9. The third-order valence-electron chi connectivity index (χ3n) is 3.73. The van der Waals surface area contributed by atoms with Gasteiger partial charge < -0.3 is 20.9 Å². The van der Waals surface area contributed by atoms with Gasteiger partial charge in [-0.2, -0.15) is 0 Å². The second kappa shape index (κ2) is 8.32. The molecule has 4 nitrogen and oxygen atoms in total. The van der Waals surface area contributed by atoms with Crippen LogP contribution in [0.4, 0.5) is 11.4 Å². The molecule has 0 saturated heterocycles. The highest BCUT2D eigenvalue weighted by Gasteiger charge is 2.14. The zero-order valence-corrected chi connectivity index (χ0v) is 13.9. The van der Waals surface area contributed by atoms with Gasteiger partial charge in [-0.3, -0.25) is 0 Å². The summed E-state index contributed by atoms with van der Waals surface area (Å²) in [5.74, 6) is 1.41. The van der Waals surface area contributed by atoms with Crippen LogP contribution in [-0.4, -0.2) is 6.29 Å². The highest BCUT2D eigenvalue weighted by Crippen LogP contribution is 2.25. The predicted octanol–water partition coefficient (Wildman–Crippen LogP) is 4.52. The number of ether oxygens (including phenoxy) is 2. The molecule has 0 heterocycles. The maximum Gasteiger partial charge on any atom is 0.241 e. The number of nitrogens with two attached hydrogens (primary N) is 2. The third kappa shape index (κ3) is 5.09. The first-order chi connectivity index (χ1) is 11.1. The van der Waals surface area contributed by atoms with Gasteiger partial charge in [0.05, 0.1) is 5.69 Å². The summed E-state index contributed by atoms with van der Waals surface area (Å²) in [6.07, 6.45) is 3.79. The van der Waals surface area contributed by atoms with Crippen molar-refractivity contribution in [3.63, 3.8) is 0 Å². The van der Waals surface area contributed by atoms with Crippen molar-refractivity contribution in [3.8, 4) is 11.5 Å². The van der Waals surface area contributed by atoms with Gasteiger partial charge in [0.15, 0.2) is 0 Å². The monoisotopic (exact) mass is 314 g/mol. The van der Waals surface area contributed by atoms with E-state index in [1.54, 1.807) is 0 Å². The lowest BCUT2D eigenvalue weighted by atomic mass is 10.2. The summed E-state index contributed by atoms with van der Waals surface area (Å²) in [6.45, 7) is 4.14. The van der Waals surface area contributed by atoms with Crippen molar-refractivity contribution in [2.24, 2.45) is 0 Å². The van der Waals surface area contributed by atoms with Crippen LogP contribution in [-0.2, 0) is 0 Å². The molecule has 0 aromatic heterocycles. The molecule has 0 bridgehead atoms. The highest BCUT2D eigenvalue weighted by atomic mass is 16.7. The molecule has 1 atom stereocenters. The van der Waals surface area contributed by atoms with Gasteiger partial charge in [-0.15, -0.1) is 0 Å². The number of benzene rings is 2. The second-order valence-corrected chi connectivity index (χ2v) is 5.72. The van der Waals surface area contributed by atoms with Gasteiger partial charge in [-0.05, 0) is 49.2 Å². The lowest BCUT2D eigenvalue weighted by molar-refractivity contribution is -0.00183. The molecule has 0 aliphatic heterocycles. The predicted molar refractivity (Wildman–Crippen MR) is 95.6 cm³/mol. The van der Waals surface area contributed by atoms with Gasteiger partial charge in [-0.1, -0.05) is 31.9 Å². The van der Waals surface area contributed by atoms with Gasteiger partial charge in [-0.25, -0.2) is 0 Å². The summed E-state index contributed by atoms with van der Waals surface area (Å²) < 4.78 is 12.0. The minimum absolute atomic E-state index is 0.366. The Hall–Kier alpha value is -2.36. The SMILES string of the molecule is CCCCCC(Oc1ccc(N)c(C)c1)Oc1ccccc1N. The number of aryl methyl sites for hydroxylation is 1. The molecule has 0 saturated carbocycles. The maximum atomic E-state index is 6.02. The van der Waals surface area contributed by atoms with E-state index in [4.69, 9.17) is 20.9 Å². The molecule has 0 fully saturated rings. The molecule has 0 radical (unpaired) electrons. The summed E-state index contributed by atoms with van der Waals surface area (Å²) in [6, 6.07) is 13.1. The molecular formula is C19H26N2O2. The molecule has 1 unspecified atom stereocenters. The molecule has 124 valence electrons. The third-order valence-corrected chi connectivity index (χ3v) is 3.73. The average Bonchev–Trinajstić information content (AvgIpc) is 2.53. The molecule has 0 aliphatic carbocycles. The Labute approximate surface area is 138 Å². The van der Waals surface area contributed by atoms with Crippen molar-refractivity contribution in [1.82, 2.24) is 0 Å². The molecule has 0 spiro atoms.